The number of carbonyl (C=O) groups excluding carboxylic acids is 2. The minimum Gasteiger partial charge on any atom is -0.396 e. The fourth-order valence-corrected chi connectivity index (χ4v) is 3.59. The summed E-state index contributed by atoms with van der Waals surface area (Å²) in [6.45, 7) is 2.19. The number of hydrogen-bond acceptors (Lipinski definition) is 4. The maximum atomic E-state index is 12.3. The first-order valence-electron chi connectivity index (χ1n) is 7.30. The van der Waals surface area contributed by atoms with E-state index in [1.165, 1.54) is 11.8 Å². The van der Waals surface area contributed by atoms with Gasteiger partial charge in [0.25, 0.3) is 0 Å². The number of amides is 1. The average Bonchev–Trinajstić information content (AvgIpc) is 2.85. The summed E-state index contributed by atoms with van der Waals surface area (Å²) >= 11 is 7.18. The fraction of sp³-hybridized carbons (Fsp3) is 0.500. The lowest BCUT2D eigenvalue weighted by Gasteiger charge is -2.28. The van der Waals surface area contributed by atoms with Gasteiger partial charge in [0, 0.05) is 37.3 Å². The van der Waals surface area contributed by atoms with Crippen molar-refractivity contribution in [2.75, 3.05) is 18.9 Å². The van der Waals surface area contributed by atoms with Crippen LogP contribution in [-0.4, -0.2) is 39.9 Å². The molecule has 120 valence electrons. The van der Waals surface area contributed by atoms with Crippen LogP contribution < -0.4 is 0 Å². The number of carbonyl (C=O) groups is 2. The van der Waals surface area contributed by atoms with E-state index >= 15 is 0 Å². The van der Waals surface area contributed by atoms with Crippen molar-refractivity contribution in [2.45, 2.75) is 25.8 Å². The highest BCUT2D eigenvalue weighted by atomic mass is 35.5. The highest BCUT2D eigenvalue weighted by molar-refractivity contribution is 8.13. The van der Waals surface area contributed by atoms with Gasteiger partial charge in [-0.3, -0.25) is 9.59 Å². The lowest BCUT2D eigenvalue weighted by molar-refractivity contribution is -0.130. The van der Waals surface area contributed by atoms with Gasteiger partial charge in [-0.25, -0.2) is 0 Å². The molecule has 0 saturated carbocycles. The van der Waals surface area contributed by atoms with Crippen molar-refractivity contribution < 1.29 is 14.7 Å². The van der Waals surface area contributed by atoms with Crippen LogP contribution >= 0.6 is 23.4 Å². The van der Waals surface area contributed by atoms with Crippen molar-refractivity contribution in [2.24, 2.45) is 5.92 Å². The average molecular weight is 342 g/mol. The molecule has 1 aromatic carbocycles. The Kier molecular flexibility index (Phi) is 6.29. The molecule has 1 N–H and O–H groups in total. The van der Waals surface area contributed by atoms with Gasteiger partial charge < -0.3 is 10.0 Å². The van der Waals surface area contributed by atoms with Crippen molar-refractivity contribution in [1.29, 1.82) is 0 Å². The van der Waals surface area contributed by atoms with E-state index < -0.39 is 0 Å². The number of hydrogen-bond donors (Lipinski definition) is 1. The topological polar surface area (TPSA) is 57.6 Å². The minimum absolute atomic E-state index is 0.0178. The van der Waals surface area contributed by atoms with Crippen LogP contribution in [-0.2, 0) is 9.59 Å². The fourth-order valence-electron chi connectivity index (χ4n) is 2.77. The molecule has 0 aliphatic carbocycles. The second-order valence-electron chi connectivity index (χ2n) is 5.50. The van der Waals surface area contributed by atoms with Crippen LogP contribution in [0.5, 0.6) is 0 Å². The van der Waals surface area contributed by atoms with E-state index in [0.717, 1.165) is 5.56 Å². The van der Waals surface area contributed by atoms with E-state index in [0.29, 0.717) is 30.2 Å². The molecule has 1 fully saturated rings. The monoisotopic (exact) mass is 341 g/mol. The third-order valence-electron chi connectivity index (χ3n) is 3.79. The molecule has 0 radical (unpaired) electrons. The standard InChI is InChI=1S/C16H20ClNO3S/c1-11(20)22-10-12-8-16(21)18(9-12)15(6-7-19)13-2-4-14(17)5-3-13/h2-5,12,15,19H,6-10H2,1H3. The Morgan fingerprint density at radius 3 is 2.73 bits per heavy atom. The molecule has 22 heavy (non-hydrogen) atoms. The number of halogens is 1. The zero-order valence-electron chi connectivity index (χ0n) is 12.5. The molecule has 0 bridgehead atoms. The van der Waals surface area contributed by atoms with Crippen LogP contribution in [0.15, 0.2) is 24.3 Å². The first kappa shape index (κ1) is 17.3. The molecule has 1 aliphatic heterocycles. The lowest BCUT2D eigenvalue weighted by atomic mass is 10.0. The zero-order valence-corrected chi connectivity index (χ0v) is 14.1. The first-order chi connectivity index (χ1) is 10.5. The summed E-state index contributed by atoms with van der Waals surface area (Å²) in [5.41, 5.74) is 0.978. The number of rotatable bonds is 6. The van der Waals surface area contributed by atoms with E-state index in [1.54, 1.807) is 19.1 Å². The van der Waals surface area contributed by atoms with E-state index in [2.05, 4.69) is 0 Å². The van der Waals surface area contributed by atoms with E-state index in [9.17, 15) is 14.7 Å². The summed E-state index contributed by atoms with van der Waals surface area (Å²) in [6.07, 6.45) is 0.968. The predicted molar refractivity (Wildman–Crippen MR) is 88.9 cm³/mol. The Labute approximate surface area is 139 Å². The largest absolute Gasteiger partial charge is 0.396 e. The van der Waals surface area contributed by atoms with Gasteiger partial charge in [0.2, 0.25) is 5.91 Å². The summed E-state index contributed by atoms with van der Waals surface area (Å²) in [5, 5.41) is 10.1. The number of aliphatic hydroxyl groups is 1. The Hall–Kier alpha value is -1.04. The molecule has 1 saturated heterocycles. The maximum Gasteiger partial charge on any atom is 0.223 e. The van der Waals surface area contributed by atoms with Crippen molar-refractivity contribution in [3.8, 4) is 0 Å². The number of likely N-dealkylation sites (tertiary alicyclic amines) is 1. The molecule has 2 unspecified atom stereocenters. The number of nitrogens with zero attached hydrogens (tertiary/aromatic N) is 1. The van der Waals surface area contributed by atoms with Crippen LogP contribution in [0.1, 0.15) is 31.4 Å². The summed E-state index contributed by atoms with van der Waals surface area (Å²) in [4.78, 5) is 25.2. The van der Waals surface area contributed by atoms with Gasteiger partial charge in [-0.05, 0) is 30.0 Å². The van der Waals surface area contributed by atoms with Crippen molar-refractivity contribution in [3.05, 3.63) is 34.9 Å². The highest BCUT2D eigenvalue weighted by Gasteiger charge is 2.34. The quantitative estimate of drug-likeness (QED) is 0.864. The molecule has 2 rings (SSSR count). The van der Waals surface area contributed by atoms with Crippen molar-refractivity contribution in [3.63, 3.8) is 0 Å². The van der Waals surface area contributed by atoms with Crippen LogP contribution in [0.2, 0.25) is 5.02 Å². The smallest absolute Gasteiger partial charge is 0.223 e. The number of aliphatic hydroxyl groups excluding tert-OH is 1. The van der Waals surface area contributed by atoms with Gasteiger partial charge in [0.1, 0.15) is 0 Å². The number of thioether (sulfide) groups is 1. The van der Waals surface area contributed by atoms with Gasteiger partial charge in [-0.15, -0.1) is 0 Å². The molecule has 1 heterocycles. The van der Waals surface area contributed by atoms with E-state index in [4.69, 9.17) is 11.6 Å². The molecule has 0 aromatic heterocycles. The Morgan fingerprint density at radius 2 is 2.14 bits per heavy atom. The Bertz CT molecular complexity index is 535. The van der Waals surface area contributed by atoms with Gasteiger partial charge in [-0.2, -0.15) is 0 Å². The molecule has 0 spiro atoms. The predicted octanol–water partition coefficient (Wildman–Crippen LogP) is 2.89. The second-order valence-corrected chi connectivity index (χ2v) is 7.13. The molecule has 6 heteroatoms. The van der Waals surface area contributed by atoms with Crippen molar-refractivity contribution in [1.82, 2.24) is 4.90 Å². The van der Waals surface area contributed by atoms with Crippen LogP contribution in [0.25, 0.3) is 0 Å². The minimum atomic E-state index is -0.137. The highest BCUT2D eigenvalue weighted by Crippen LogP contribution is 2.32. The first-order valence-corrected chi connectivity index (χ1v) is 8.66. The third kappa shape index (κ3) is 4.48. The molecule has 1 aromatic rings. The Morgan fingerprint density at radius 1 is 1.45 bits per heavy atom. The SMILES string of the molecule is CC(=O)SCC1CC(=O)N(C(CCO)c2ccc(Cl)cc2)C1. The second kappa shape index (κ2) is 7.99. The Balaban J connectivity index is 2.09. The summed E-state index contributed by atoms with van der Waals surface area (Å²) in [5.74, 6) is 0.946. The molecular weight excluding hydrogens is 322 g/mol. The summed E-state index contributed by atoms with van der Waals surface area (Å²) in [7, 11) is 0. The van der Waals surface area contributed by atoms with Crippen LogP contribution in [0.3, 0.4) is 0 Å². The zero-order chi connectivity index (χ0) is 16.1. The van der Waals surface area contributed by atoms with Gasteiger partial charge >= 0.3 is 0 Å². The number of benzene rings is 1. The molecule has 4 nitrogen and oxygen atoms in total. The molecule has 2 atom stereocenters. The van der Waals surface area contributed by atoms with Crippen molar-refractivity contribution >= 4 is 34.4 Å². The maximum absolute atomic E-state index is 12.3. The summed E-state index contributed by atoms with van der Waals surface area (Å²) < 4.78 is 0. The van der Waals surface area contributed by atoms with Gasteiger partial charge in [0.15, 0.2) is 5.12 Å². The van der Waals surface area contributed by atoms with E-state index in [1.807, 2.05) is 17.0 Å². The van der Waals surface area contributed by atoms with Crippen LogP contribution in [0, 0.1) is 5.92 Å². The van der Waals surface area contributed by atoms with Gasteiger partial charge in [-0.1, -0.05) is 35.5 Å². The third-order valence-corrected chi connectivity index (χ3v) is 5.09. The molecule has 1 aliphatic rings. The normalized spacial score (nSPS) is 19.5. The lowest BCUT2D eigenvalue weighted by Crippen LogP contribution is -2.31. The molecular formula is C16H20ClNO3S. The summed E-state index contributed by atoms with van der Waals surface area (Å²) in [6, 6.07) is 7.25. The van der Waals surface area contributed by atoms with E-state index in [-0.39, 0.29) is 29.6 Å². The van der Waals surface area contributed by atoms with Crippen LogP contribution in [0.4, 0.5) is 0 Å². The van der Waals surface area contributed by atoms with Gasteiger partial charge in [0.05, 0.1) is 6.04 Å². The molecule has 1 amide bonds.